The number of rotatable bonds is 9. The second kappa shape index (κ2) is 10.6. The molecule has 0 aromatic heterocycles. The van der Waals surface area contributed by atoms with Gasteiger partial charge in [-0.25, -0.2) is 0 Å². The molecular weight excluding hydrogens is 394 g/mol. The summed E-state index contributed by atoms with van der Waals surface area (Å²) in [5.41, 5.74) is 2.20. The Kier molecular flexibility index (Phi) is 8.13. The maximum Gasteiger partial charge on any atom is 0.270 e. The summed E-state index contributed by atoms with van der Waals surface area (Å²) in [6, 6.07) is 11.6. The smallest absolute Gasteiger partial charge is 0.270 e. The standard InChI is InChI=1S/C19H25N5O4S/c1-23(2)15-5-3-14(4-6-15)22-19(29)21-12-17(25)11-20-10-13-9-16(24(27)28)7-8-18(13)26/h3-9,17,20,25-26H,10-12H2,1-2H3,(H2,21,22,29). The number of hydrogen-bond acceptors (Lipinski definition) is 7. The van der Waals surface area contributed by atoms with Crippen LogP contribution in [0.15, 0.2) is 42.5 Å². The van der Waals surface area contributed by atoms with Crippen molar-refractivity contribution >= 4 is 34.4 Å². The van der Waals surface area contributed by atoms with Gasteiger partial charge in [0.2, 0.25) is 0 Å². The van der Waals surface area contributed by atoms with Crippen LogP contribution in [0.1, 0.15) is 5.56 Å². The molecule has 2 rings (SSSR count). The monoisotopic (exact) mass is 419 g/mol. The third-order valence-corrected chi connectivity index (χ3v) is 4.36. The summed E-state index contributed by atoms with van der Waals surface area (Å²) in [6.45, 7) is 0.621. The van der Waals surface area contributed by atoms with Crippen LogP contribution in [0.5, 0.6) is 5.75 Å². The van der Waals surface area contributed by atoms with Crippen molar-refractivity contribution in [3.05, 3.63) is 58.1 Å². The number of nitrogens with one attached hydrogen (secondary N) is 3. The first-order valence-electron chi connectivity index (χ1n) is 8.93. The van der Waals surface area contributed by atoms with Crippen LogP contribution in [0.3, 0.4) is 0 Å². The molecule has 0 aliphatic heterocycles. The van der Waals surface area contributed by atoms with Gasteiger partial charge in [-0.05, 0) is 42.5 Å². The SMILES string of the molecule is CN(C)c1ccc(NC(=S)NCC(O)CNCc2cc([N+](=O)[O-])ccc2O)cc1. The van der Waals surface area contributed by atoms with Gasteiger partial charge in [-0.2, -0.15) is 0 Å². The minimum absolute atomic E-state index is 0.0404. The van der Waals surface area contributed by atoms with Crippen molar-refractivity contribution in [1.29, 1.82) is 0 Å². The zero-order valence-corrected chi connectivity index (χ0v) is 17.1. The van der Waals surface area contributed by atoms with Gasteiger partial charge in [0, 0.05) is 62.8 Å². The predicted octanol–water partition coefficient (Wildman–Crippen LogP) is 1.80. The number of aromatic hydroxyl groups is 1. The molecule has 29 heavy (non-hydrogen) atoms. The maximum atomic E-state index is 10.8. The van der Waals surface area contributed by atoms with E-state index in [9.17, 15) is 20.3 Å². The molecule has 0 aliphatic carbocycles. The number of thiocarbonyl (C=S) groups is 1. The summed E-state index contributed by atoms with van der Waals surface area (Å²) in [6.07, 6.45) is -0.744. The number of phenolic OH excluding ortho intramolecular Hbond substituents is 1. The van der Waals surface area contributed by atoms with Crippen LogP contribution in [0, 0.1) is 10.1 Å². The van der Waals surface area contributed by atoms with Gasteiger partial charge < -0.3 is 31.1 Å². The predicted molar refractivity (Wildman–Crippen MR) is 117 cm³/mol. The molecular formula is C19H25N5O4S. The van der Waals surface area contributed by atoms with Crippen LogP contribution in [0.4, 0.5) is 17.1 Å². The maximum absolute atomic E-state index is 10.8. The molecule has 1 unspecified atom stereocenters. The number of phenols is 1. The number of nitro groups is 1. The first kappa shape index (κ1) is 22.3. The van der Waals surface area contributed by atoms with Crippen molar-refractivity contribution in [1.82, 2.24) is 10.6 Å². The van der Waals surface area contributed by atoms with E-state index in [2.05, 4.69) is 16.0 Å². The normalized spacial score (nSPS) is 11.6. The second-order valence-electron chi connectivity index (χ2n) is 6.63. The Hall–Kier alpha value is -2.95. The Morgan fingerprint density at radius 3 is 2.52 bits per heavy atom. The number of aliphatic hydroxyl groups excluding tert-OH is 1. The molecule has 0 amide bonds. The number of non-ortho nitro benzene ring substituents is 1. The van der Waals surface area contributed by atoms with Gasteiger partial charge in [-0.1, -0.05) is 0 Å². The average molecular weight is 420 g/mol. The second-order valence-corrected chi connectivity index (χ2v) is 7.04. The zero-order valence-electron chi connectivity index (χ0n) is 16.3. The first-order chi connectivity index (χ1) is 13.8. The molecule has 10 heteroatoms. The lowest BCUT2D eigenvalue weighted by atomic mass is 10.1. The largest absolute Gasteiger partial charge is 0.508 e. The van der Waals surface area contributed by atoms with E-state index >= 15 is 0 Å². The molecule has 2 aromatic carbocycles. The van der Waals surface area contributed by atoms with Gasteiger partial charge in [-0.3, -0.25) is 10.1 Å². The average Bonchev–Trinajstić information content (AvgIpc) is 2.68. The van der Waals surface area contributed by atoms with E-state index in [1.165, 1.54) is 18.2 Å². The summed E-state index contributed by atoms with van der Waals surface area (Å²) in [5.74, 6) is -0.0404. The van der Waals surface area contributed by atoms with Crippen molar-refractivity contribution in [2.45, 2.75) is 12.6 Å². The third kappa shape index (κ3) is 7.18. The highest BCUT2D eigenvalue weighted by Crippen LogP contribution is 2.22. The molecule has 0 heterocycles. The van der Waals surface area contributed by atoms with Crippen molar-refractivity contribution in [3.8, 4) is 5.75 Å². The van der Waals surface area contributed by atoms with E-state index in [4.69, 9.17) is 12.2 Å². The van der Waals surface area contributed by atoms with E-state index in [1.807, 2.05) is 43.3 Å². The first-order valence-corrected chi connectivity index (χ1v) is 9.34. The molecule has 9 nitrogen and oxygen atoms in total. The molecule has 0 spiro atoms. The molecule has 0 radical (unpaired) electrons. The number of anilines is 2. The molecule has 2 aromatic rings. The highest BCUT2D eigenvalue weighted by atomic mass is 32.1. The van der Waals surface area contributed by atoms with Crippen LogP contribution in [0.2, 0.25) is 0 Å². The van der Waals surface area contributed by atoms with Gasteiger partial charge in [0.1, 0.15) is 5.75 Å². The Morgan fingerprint density at radius 2 is 1.90 bits per heavy atom. The lowest BCUT2D eigenvalue weighted by Crippen LogP contribution is -2.39. The number of hydrogen-bond donors (Lipinski definition) is 5. The van der Waals surface area contributed by atoms with E-state index < -0.39 is 11.0 Å². The molecule has 0 bridgehead atoms. The minimum Gasteiger partial charge on any atom is -0.508 e. The zero-order chi connectivity index (χ0) is 21.4. The molecule has 0 fully saturated rings. The molecule has 156 valence electrons. The van der Waals surface area contributed by atoms with Crippen LogP contribution in [-0.4, -0.2) is 53.5 Å². The molecule has 5 N–H and O–H groups in total. The lowest BCUT2D eigenvalue weighted by molar-refractivity contribution is -0.384. The van der Waals surface area contributed by atoms with Gasteiger partial charge in [-0.15, -0.1) is 0 Å². The number of benzene rings is 2. The summed E-state index contributed by atoms with van der Waals surface area (Å²) in [5, 5.41) is 40.0. The van der Waals surface area contributed by atoms with Crippen molar-refractivity contribution < 1.29 is 15.1 Å². The lowest BCUT2D eigenvalue weighted by Gasteiger charge is -2.16. The summed E-state index contributed by atoms with van der Waals surface area (Å²) in [7, 11) is 3.93. The number of aliphatic hydroxyl groups is 1. The summed E-state index contributed by atoms with van der Waals surface area (Å²) < 4.78 is 0. The van der Waals surface area contributed by atoms with Crippen molar-refractivity contribution in [2.75, 3.05) is 37.4 Å². The fourth-order valence-corrected chi connectivity index (χ4v) is 2.70. The molecule has 0 saturated carbocycles. The van der Waals surface area contributed by atoms with E-state index in [0.717, 1.165) is 11.4 Å². The van der Waals surface area contributed by atoms with Crippen LogP contribution >= 0.6 is 12.2 Å². The fraction of sp³-hybridized carbons (Fsp3) is 0.316. The third-order valence-electron chi connectivity index (χ3n) is 4.11. The molecule has 0 aliphatic rings. The van der Waals surface area contributed by atoms with Crippen LogP contribution in [-0.2, 0) is 6.54 Å². The van der Waals surface area contributed by atoms with E-state index in [0.29, 0.717) is 10.7 Å². The summed E-state index contributed by atoms with van der Waals surface area (Å²) >= 11 is 5.22. The number of nitro benzene ring substituents is 1. The van der Waals surface area contributed by atoms with Crippen molar-refractivity contribution in [3.63, 3.8) is 0 Å². The van der Waals surface area contributed by atoms with E-state index in [-0.39, 0.29) is 31.1 Å². The highest BCUT2D eigenvalue weighted by molar-refractivity contribution is 7.80. The Labute approximate surface area is 174 Å². The Morgan fingerprint density at radius 1 is 1.21 bits per heavy atom. The van der Waals surface area contributed by atoms with Crippen LogP contribution in [0.25, 0.3) is 0 Å². The number of nitrogens with zero attached hydrogens (tertiary/aromatic N) is 2. The summed E-state index contributed by atoms with van der Waals surface area (Å²) in [4.78, 5) is 12.3. The van der Waals surface area contributed by atoms with Gasteiger partial charge in [0.05, 0.1) is 11.0 Å². The Balaban J connectivity index is 1.73. The minimum atomic E-state index is -0.744. The van der Waals surface area contributed by atoms with Gasteiger partial charge in [0.15, 0.2) is 5.11 Å². The Bertz CT molecular complexity index is 845. The van der Waals surface area contributed by atoms with E-state index in [1.54, 1.807) is 0 Å². The topological polar surface area (TPSA) is 123 Å². The highest BCUT2D eigenvalue weighted by Gasteiger charge is 2.11. The fourth-order valence-electron chi connectivity index (χ4n) is 2.50. The van der Waals surface area contributed by atoms with Gasteiger partial charge in [0.25, 0.3) is 5.69 Å². The molecule has 1 atom stereocenters. The van der Waals surface area contributed by atoms with Gasteiger partial charge >= 0.3 is 0 Å². The van der Waals surface area contributed by atoms with Crippen LogP contribution < -0.4 is 20.9 Å². The quantitative estimate of drug-likeness (QED) is 0.235. The molecule has 0 saturated heterocycles. The van der Waals surface area contributed by atoms with Crippen molar-refractivity contribution in [2.24, 2.45) is 0 Å².